The van der Waals surface area contributed by atoms with Crippen LogP contribution in [-0.4, -0.2) is 18.3 Å². The summed E-state index contributed by atoms with van der Waals surface area (Å²) in [6.07, 6.45) is 0. The van der Waals surface area contributed by atoms with Crippen LogP contribution in [0.1, 0.15) is 12.5 Å². The van der Waals surface area contributed by atoms with Gasteiger partial charge in [-0.3, -0.25) is 4.79 Å². The topological polar surface area (TPSA) is 38.3 Å². The van der Waals surface area contributed by atoms with Gasteiger partial charge in [0.15, 0.2) is 0 Å². The molecule has 0 heterocycles. The largest absolute Gasteiger partial charge is 0.495 e. The van der Waals surface area contributed by atoms with Gasteiger partial charge in [-0.1, -0.05) is 17.7 Å². The number of halogens is 1. The number of amides is 1. The van der Waals surface area contributed by atoms with Crippen LogP contribution in [0, 0.1) is 6.92 Å². The molecule has 2 aromatic rings. The second-order valence-electron chi connectivity index (χ2n) is 4.91. The molecule has 0 fully saturated rings. The first kappa shape index (κ1) is 16.7. The van der Waals surface area contributed by atoms with Crippen molar-refractivity contribution in [3.63, 3.8) is 0 Å². The van der Waals surface area contributed by atoms with Crippen LogP contribution < -0.4 is 10.1 Å². The molecule has 0 radical (unpaired) electrons. The first-order chi connectivity index (χ1) is 10.5. The van der Waals surface area contributed by atoms with E-state index in [-0.39, 0.29) is 11.2 Å². The molecule has 0 spiro atoms. The fraction of sp³-hybridized carbons (Fsp3) is 0.235. The third-order valence-corrected chi connectivity index (χ3v) is 4.47. The Kier molecular flexibility index (Phi) is 5.75. The van der Waals surface area contributed by atoms with Crippen molar-refractivity contribution in [2.45, 2.75) is 24.0 Å². The van der Waals surface area contributed by atoms with E-state index in [4.69, 9.17) is 16.3 Å². The number of hydrogen-bond donors (Lipinski definition) is 1. The first-order valence-electron chi connectivity index (χ1n) is 6.87. The molecule has 0 bridgehead atoms. The summed E-state index contributed by atoms with van der Waals surface area (Å²) in [6.45, 7) is 3.85. The smallest absolute Gasteiger partial charge is 0.237 e. The van der Waals surface area contributed by atoms with Gasteiger partial charge in [0.25, 0.3) is 0 Å². The Morgan fingerprint density at radius 1 is 1.23 bits per heavy atom. The number of hydrogen-bond acceptors (Lipinski definition) is 3. The lowest BCUT2D eigenvalue weighted by atomic mass is 10.2. The maximum absolute atomic E-state index is 12.3. The molecule has 116 valence electrons. The lowest BCUT2D eigenvalue weighted by Gasteiger charge is -2.14. The number of carbonyl (C=O) groups is 1. The summed E-state index contributed by atoms with van der Waals surface area (Å²) in [5, 5.41) is 3.38. The fourth-order valence-electron chi connectivity index (χ4n) is 1.92. The maximum atomic E-state index is 12.3. The quantitative estimate of drug-likeness (QED) is 0.799. The number of nitrogens with one attached hydrogen (secondary N) is 1. The molecule has 2 aromatic carbocycles. The number of rotatable bonds is 5. The normalized spacial score (nSPS) is 11.8. The van der Waals surface area contributed by atoms with Crippen LogP contribution in [0.5, 0.6) is 5.75 Å². The highest BCUT2D eigenvalue weighted by Crippen LogP contribution is 2.28. The van der Waals surface area contributed by atoms with E-state index in [9.17, 15) is 4.79 Å². The zero-order valence-electron chi connectivity index (χ0n) is 12.7. The van der Waals surface area contributed by atoms with Gasteiger partial charge in [-0.05, 0) is 55.8 Å². The van der Waals surface area contributed by atoms with E-state index in [1.165, 1.54) is 11.8 Å². The molecular formula is C17H18ClNO2S. The Bertz CT molecular complexity index is 658. The predicted octanol–water partition coefficient (Wildman–Crippen LogP) is 4.78. The van der Waals surface area contributed by atoms with E-state index in [0.29, 0.717) is 16.5 Å². The van der Waals surface area contributed by atoms with Crippen molar-refractivity contribution in [1.82, 2.24) is 0 Å². The van der Waals surface area contributed by atoms with Crippen LogP contribution in [-0.2, 0) is 4.79 Å². The number of aryl methyl sites for hydroxylation is 1. The summed E-state index contributed by atoms with van der Waals surface area (Å²) in [5.41, 5.74) is 1.75. The zero-order chi connectivity index (χ0) is 16.1. The van der Waals surface area contributed by atoms with Gasteiger partial charge in [0.05, 0.1) is 18.0 Å². The molecule has 0 aromatic heterocycles. The molecular weight excluding hydrogens is 318 g/mol. The fourth-order valence-corrected chi connectivity index (χ4v) is 2.92. The van der Waals surface area contributed by atoms with E-state index in [2.05, 4.69) is 5.32 Å². The van der Waals surface area contributed by atoms with Crippen molar-refractivity contribution < 1.29 is 9.53 Å². The minimum atomic E-state index is -0.230. The van der Waals surface area contributed by atoms with Gasteiger partial charge in [0.2, 0.25) is 5.91 Å². The van der Waals surface area contributed by atoms with Crippen molar-refractivity contribution >= 4 is 35.0 Å². The summed E-state index contributed by atoms with van der Waals surface area (Å²) in [6, 6.07) is 13.1. The Morgan fingerprint density at radius 2 is 1.91 bits per heavy atom. The van der Waals surface area contributed by atoms with Crippen molar-refractivity contribution in [3.8, 4) is 5.75 Å². The Morgan fingerprint density at radius 3 is 2.55 bits per heavy atom. The van der Waals surface area contributed by atoms with Gasteiger partial charge in [-0.25, -0.2) is 0 Å². The van der Waals surface area contributed by atoms with E-state index >= 15 is 0 Å². The summed E-state index contributed by atoms with van der Waals surface area (Å²) >= 11 is 7.35. The molecule has 2 rings (SSSR count). The second-order valence-corrected chi connectivity index (χ2v) is 6.76. The van der Waals surface area contributed by atoms with Crippen LogP contribution >= 0.6 is 23.4 Å². The molecule has 3 nitrogen and oxygen atoms in total. The highest BCUT2D eigenvalue weighted by molar-refractivity contribution is 8.00. The molecule has 0 unspecified atom stereocenters. The number of ether oxygens (including phenoxy) is 1. The Labute approximate surface area is 140 Å². The van der Waals surface area contributed by atoms with Crippen molar-refractivity contribution in [2.75, 3.05) is 12.4 Å². The van der Waals surface area contributed by atoms with Crippen molar-refractivity contribution in [3.05, 3.63) is 53.1 Å². The number of anilines is 1. The summed E-state index contributed by atoms with van der Waals surface area (Å²) in [7, 11) is 1.59. The molecule has 1 amide bonds. The third-order valence-electron chi connectivity index (χ3n) is 3.11. The van der Waals surface area contributed by atoms with Crippen LogP contribution in [0.4, 0.5) is 5.69 Å². The molecule has 0 saturated heterocycles. The summed E-state index contributed by atoms with van der Waals surface area (Å²) in [4.78, 5) is 13.4. The van der Waals surface area contributed by atoms with Crippen molar-refractivity contribution in [1.29, 1.82) is 0 Å². The number of thioether (sulfide) groups is 1. The van der Waals surface area contributed by atoms with Gasteiger partial charge in [-0.15, -0.1) is 11.8 Å². The SMILES string of the molecule is COc1ccc(C)cc1NC(=O)[C@@H](C)Sc1ccc(Cl)cc1. The van der Waals surface area contributed by atoms with Crippen LogP contribution in [0.25, 0.3) is 0 Å². The lowest BCUT2D eigenvalue weighted by Crippen LogP contribution is -2.22. The predicted molar refractivity (Wildman–Crippen MR) is 93.1 cm³/mol. The Balaban J connectivity index is 2.05. The highest BCUT2D eigenvalue weighted by Gasteiger charge is 2.16. The molecule has 5 heteroatoms. The Hall–Kier alpha value is -1.65. The minimum absolute atomic E-state index is 0.0659. The van der Waals surface area contributed by atoms with Crippen molar-refractivity contribution in [2.24, 2.45) is 0 Å². The van der Waals surface area contributed by atoms with Crippen LogP contribution in [0.15, 0.2) is 47.4 Å². The second kappa shape index (κ2) is 7.56. The van der Waals surface area contributed by atoms with E-state index in [1.807, 2.05) is 56.3 Å². The van der Waals surface area contributed by atoms with Gasteiger partial charge in [-0.2, -0.15) is 0 Å². The average Bonchev–Trinajstić information content (AvgIpc) is 2.49. The van der Waals surface area contributed by atoms with Crippen LogP contribution in [0.3, 0.4) is 0 Å². The number of methoxy groups -OCH3 is 1. The summed E-state index contributed by atoms with van der Waals surface area (Å²) < 4.78 is 5.28. The van der Waals surface area contributed by atoms with Gasteiger partial charge in [0, 0.05) is 9.92 Å². The molecule has 1 N–H and O–H groups in total. The molecule has 0 aliphatic carbocycles. The number of benzene rings is 2. The molecule has 0 aliphatic rings. The molecule has 0 saturated carbocycles. The van der Waals surface area contributed by atoms with Gasteiger partial charge in [0.1, 0.15) is 5.75 Å². The van der Waals surface area contributed by atoms with Gasteiger partial charge >= 0.3 is 0 Å². The van der Waals surface area contributed by atoms with Crippen LogP contribution in [0.2, 0.25) is 5.02 Å². The van der Waals surface area contributed by atoms with E-state index in [1.54, 1.807) is 7.11 Å². The average molecular weight is 336 g/mol. The number of carbonyl (C=O) groups excluding carboxylic acids is 1. The van der Waals surface area contributed by atoms with E-state index < -0.39 is 0 Å². The third kappa shape index (κ3) is 4.42. The highest BCUT2D eigenvalue weighted by atomic mass is 35.5. The first-order valence-corrected chi connectivity index (χ1v) is 8.13. The molecule has 22 heavy (non-hydrogen) atoms. The monoisotopic (exact) mass is 335 g/mol. The van der Waals surface area contributed by atoms with E-state index in [0.717, 1.165) is 10.5 Å². The maximum Gasteiger partial charge on any atom is 0.237 e. The molecule has 0 aliphatic heterocycles. The minimum Gasteiger partial charge on any atom is -0.495 e. The van der Waals surface area contributed by atoms with Gasteiger partial charge < -0.3 is 10.1 Å². The molecule has 1 atom stereocenters. The zero-order valence-corrected chi connectivity index (χ0v) is 14.3. The summed E-state index contributed by atoms with van der Waals surface area (Å²) in [5.74, 6) is 0.589. The standard InChI is InChI=1S/C17H18ClNO2S/c1-11-4-9-16(21-3)15(10-11)19-17(20)12(2)22-14-7-5-13(18)6-8-14/h4-10,12H,1-3H3,(H,19,20)/t12-/m1/s1. The lowest BCUT2D eigenvalue weighted by molar-refractivity contribution is -0.115.